The van der Waals surface area contributed by atoms with Crippen molar-refractivity contribution in [3.63, 3.8) is 0 Å². The second-order valence-corrected chi connectivity index (χ2v) is 6.81. The Bertz CT molecular complexity index is 585. The number of hydrogen-bond donors (Lipinski definition) is 2. The predicted octanol–water partition coefficient (Wildman–Crippen LogP) is 2.26. The number of ether oxygens (including phenoxy) is 2. The van der Waals surface area contributed by atoms with Gasteiger partial charge in [-0.15, -0.1) is 0 Å². The van der Waals surface area contributed by atoms with E-state index in [-0.39, 0.29) is 11.9 Å². The lowest BCUT2D eigenvalue weighted by Crippen LogP contribution is -2.45. The average molecular weight is 381 g/mol. The van der Waals surface area contributed by atoms with E-state index in [0.29, 0.717) is 18.3 Å². The molecular weight excluding hydrogens is 347 g/mol. The number of rotatable bonds is 10. The van der Waals surface area contributed by atoms with E-state index in [4.69, 9.17) is 9.47 Å². The highest BCUT2D eigenvalue weighted by atomic mass is 19.1. The standard InChI is InChI=1S/C20H33FN4O2/c1-4-22-20(24-15-18-8-6-10-25(18)11-12-26-3)23-14-16(2)27-19-9-5-7-17(21)13-19/h5,7,9,13,16,18H,4,6,8,10-12,14-15H2,1-3H3,(H2,22,23,24). The third kappa shape index (κ3) is 7.72. The van der Waals surface area contributed by atoms with E-state index >= 15 is 0 Å². The molecule has 2 rings (SSSR count). The summed E-state index contributed by atoms with van der Waals surface area (Å²) in [6.07, 6.45) is 2.27. The Kier molecular flexibility index (Phi) is 9.35. The first-order valence-electron chi connectivity index (χ1n) is 9.79. The molecule has 0 bridgehead atoms. The molecule has 2 unspecified atom stereocenters. The highest BCUT2D eigenvalue weighted by Gasteiger charge is 2.23. The molecule has 152 valence electrons. The van der Waals surface area contributed by atoms with Crippen LogP contribution in [-0.2, 0) is 4.74 Å². The van der Waals surface area contributed by atoms with Gasteiger partial charge in [-0.25, -0.2) is 9.38 Å². The van der Waals surface area contributed by atoms with Gasteiger partial charge in [0.2, 0.25) is 0 Å². The minimum absolute atomic E-state index is 0.146. The zero-order chi connectivity index (χ0) is 19.5. The first-order chi connectivity index (χ1) is 13.1. The quantitative estimate of drug-likeness (QED) is 0.482. The fourth-order valence-electron chi connectivity index (χ4n) is 3.22. The van der Waals surface area contributed by atoms with E-state index in [0.717, 1.165) is 38.7 Å². The van der Waals surface area contributed by atoms with E-state index in [2.05, 4.69) is 20.5 Å². The van der Waals surface area contributed by atoms with Crippen molar-refractivity contribution in [1.29, 1.82) is 0 Å². The molecule has 1 aromatic rings. The SMILES string of the molecule is CCNC(=NCC(C)Oc1cccc(F)c1)NCC1CCCN1CCOC. The van der Waals surface area contributed by atoms with Crippen molar-refractivity contribution in [1.82, 2.24) is 15.5 Å². The second-order valence-electron chi connectivity index (χ2n) is 6.81. The van der Waals surface area contributed by atoms with Gasteiger partial charge in [0.15, 0.2) is 5.96 Å². The molecule has 1 heterocycles. The topological polar surface area (TPSA) is 58.1 Å². The summed E-state index contributed by atoms with van der Waals surface area (Å²) in [5, 5.41) is 6.71. The molecule has 0 spiro atoms. The molecule has 0 aromatic heterocycles. The maximum absolute atomic E-state index is 13.3. The van der Waals surface area contributed by atoms with Gasteiger partial charge in [-0.2, -0.15) is 0 Å². The van der Waals surface area contributed by atoms with E-state index in [1.165, 1.54) is 25.0 Å². The van der Waals surface area contributed by atoms with Crippen molar-refractivity contribution in [2.75, 3.05) is 46.4 Å². The van der Waals surface area contributed by atoms with E-state index in [9.17, 15) is 4.39 Å². The van der Waals surface area contributed by atoms with Crippen LogP contribution in [0.2, 0.25) is 0 Å². The number of benzene rings is 1. The number of likely N-dealkylation sites (tertiary alicyclic amines) is 1. The lowest BCUT2D eigenvalue weighted by atomic mass is 10.2. The molecule has 7 heteroatoms. The maximum atomic E-state index is 13.3. The average Bonchev–Trinajstić information content (AvgIpc) is 3.09. The summed E-state index contributed by atoms with van der Waals surface area (Å²) in [6.45, 7) is 8.98. The monoisotopic (exact) mass is 380 g/mol. The summed E-state index contributed by atoms with van der Waals surface area (Å²) in [6, 6.07) is 6.69. The number of hydrogen-bond acceptors (Lipinski definition) is 4. The minimum atomic E-state index is -0.298. The van der Waals surface area contributed by atoms with Crippen LogP contribution in [0.3, 0.4) is 0 Å². The molecule has 1 fully saturated rings. The highest BCUT2D eigenvalue weighted by Crippen LogP contribution is 2.16. The molecule has 6 nitrogen and oxygen atoms in total. The fourth-order valence-corrected chi connectivity index (χ4v) is 3.22. The van der Waals surface area contributed by atoms with Crippen molar-refractivity contribution in [3.05, 3.63) is 30.1 Å². The first-order valence-corrected chi connectivity index (χ1v) is 9.79. The Morgan fingerprint density at radius 2 is 2.26 bits per heavy atom. The smallest absolute Gasteiger partial charge is 0.191 e. The molecule has 1 aliphatic heterocycles. The number of guanidine groups is 1. The molecule has 2 atom stereocenters. The first kappa shape index (κ1) is 21.4. The number of halogens is 1. The second kappa shape index (κ2) is 11.8. The van der Waals surface area contributed by atoms with Crippen molar-refractivity contribution < 1.29 is 13.9 Å². The van der Waals surface area contributed by atoms with Gasteiger partial charge in [0.25, 0.3) is 0 Å². The fraction of sp³-hybridized carbons (Fsp3) is 0.650. The number of nitrogens with zero attached hydrogens (tertiary/aromatic N) is 2. The maximum Gasteiger partial charge on any atom is 0.191 e. The lowest BCUT2D eigenvalue weighted by molar-refractivity contribution is 0.141. The molecule has 1 aromatic carbocycles. The van der Waals surface area contributed by atoms with Gasteiger partial charge in [-0.1, -0.05) is 6.07 Å². The molecule has 0 radical (unpaired) electrons. The zero-order valence-corrected chi connectivity index (χ0v) is 16.7. The Hall–Kier alpha value is -1.86. The van der Waals surface area contributed by atoms with Gasteiger partial charge in [0.05, 0.1) is 13.2 Å². The summed E-state index contributed by atoms with van der Waals surface area (Å²) in [7, 11) is 1.74. The summed E-state index contributed by atoms with van der Waals surface area (Å²) in [4.78, 5) is 7.08. The summed E-state index contributed by atoms with van der Waals surface area (Å²) in [5.41, 5.74) is 0. The van der Waals surface area contributed by atoms with Gasteiger partial charge >= 0.3 is 0 Å². The lowest BCUT2D eigenvalue weighted by Gasteiger charge is -2.25. The van der Waals surface area contributed by atoms with Gasteiger partial charge in [0, 0.05) is 38.9 Å². The number of methoxy groups -OCH3 is 1. The Morgan fingerprint density at radius 3 is 3.00 bits per heavy atom. The zero-order valence-electron chi connectivity index (χ0n) is 16.7. The van der Waals surface area contributed by atoms with Gasteiger partial charge in [-0.05, 0) is 45.4 Å². The third-order valence-corrected chi connectivity index (χ3v) is 4.57. The van der Waals surface area contributed by atoms with Crippen molar-refractivity contribution in [3.8, 4) is 5.75 Å². The van der Waals surface area contributed by atoms with Crippen molar-refractivity contribution in [2.45, 2.75) is 38.8 Å². The Balaban J connectivity index is 1.82. The summed E-state index contributed by atoms with van der Waals surface area (Å²) in [5.74, 6) is 1.01. The van der Waals surface area contributed by atoms with Gasteiger partial charge in [0.1, 0.15) is 17.7 Å². The predicted molar refractivity (Wildman–Crippen MR) is 107 cm³/mol. The number of aliphatic imine (C=N–C) groups is 1. The van der Waals surface area contributed by atoms with Gasteiger partial charge < -0.3 is 20.1 Å². The van der Waals surface area contributed by atoms with Crippen LogP contribution in [-0.4, -0.2) is 69.4 Å². The molecule has 0 amide bonds. The number of nitrogens with one attached hydrogen (secondary N) is 2. The molecule has 27 heavy (non-hydrogen) atoms. The Morgan fingerprint density at radius 1 is 1.41 bits per heavy atom. The largest absolute Gasteiger partial charge is 0.489 e. The summed E-state index contributed by atoms with van der Waals surface area (Å²) >= 11 is 0. The molecule has 0 saturated carbocycles. The van der Waals surface area contributed by atoms with Crippen LogP contribution >= 0.6 is 0 Å². The van der Waals surface area contributed by atoms with Crippen LogP contribution in [0.15, 0.2) is 29.3 Å². The molecular formula is C20H33FN4O2. The highest BCUT2D eigenvalue weighted by molar-refractivity contribution is 5.79. The van der Waals surface area contributed by atoms with Crippen LogP contribution in [0.4, 0.5) is 4.39 Å². The van der Waals surface area contributed by atoms with Crippen LogP contribution in [0, 0.1) is 5.82 Å². The van der Waals surface area contributed by atoms with E-state index in [1.807, 2.05) is 13.8 Å². The molecule has 1 saturated heterocycles. The molecule has 2 N–H and O–H groups in total. The Labute approximate surface area is 162 Å². The van der Waals surface area contributed by atoms with Crippen LogP contribution in [0.5, 0.6) is 5.75 Å². The van der Waals surface area contributed by atoms with Crippen molar-refractivity contribution in [2.24, 2.45) is 4.99 Å². The summed E-state index contributed by atoms with van der Waals surface area (Å²) < 4.78 is 24.2. The minimum Gasteiger partial charge on any atom is -0.489 e. The van der Waals surface area contributed by atoms with Gasteiger partial charge in [-0.3, -0.25) is 4.90 Å². The molecule has 1 aliphatic rings. The molecule has 0 aliphatic carbocycles. The van der Waals surface area contributed by atoms with Crippen LogP contribution < -0.4 is 15.4 Å². The van der Waals surface area contributed by atoms with Crippen molar-refractivity contribution >= 4 is 5.96 Å². The van der Waals surface area contributed by atoms with Crippen LogP contribution in [0.1, 0.15) is 26.7 Å². The third-order valence-electron chi connectivity index (χ3n) is 4.57. The van der Waals surface area contributed by atoms with E-state index in [1.54, 1.807) is 19.2 Å². The van der Waals surface area contributed by atoms with Crippen LogP contribution in [0.25, 0.3) is 0 Å². The van der Waals surface area contributed by atoms with E-state index < -0.39 is 0 Å². The normalized spacial score (nSPS) is 19.1.